The van der Waals surface area contributed by atoms with Crippen molar-refractivity contribution in [2.75, 3.05) is 0 Å². The second kappa shape index (κ2) is 8.57. The maximum absolute atomic E-state index is 12.6. The van der Waals surface area contributed by atoms with Crippen LogP contribution in [0.2, 0.25) is 0 Å². The molecule has 0 heterocycles. The van der Waals surface area contributed by atoms with Crippen LogP contribution in [0.3, 0.4) is 0 Å². The minimum Gasteiger partial charge on any atom is -0.272 e. The van der Waals surface area contributed by atoms with E-state index in [-0.39, 0.29) is 5.91 Å². The summed E-state index contributed by atoms with van der Waals surface area (Å²) in [6.07, 6.45) is 0. The van der Waals surface area contributed by atoms with Crippen LogP contribution in [0.4, 0.5) is 0 Å². The van der Waals surface area contributed by atoms with Crippen molar-refractivity contribution in [1.29, 1.82) is 0 Å². The lowest BCUT2D eigenvalue weighted by Gasteiger charge is -2.14. The van der Waals surface area contributed by atoms with Crippen LogP contribution in [-0.2, 0) is 4.79 Å². The van der Waals surface area contributed by atoms with Gasteiger partial charge in [0.25, 0.3) is 5.91 Å². The first-order valence-electron chi connectivity index (χ1n) is 9.33. The number of aliphatic imine (C=N–C) groups is 2. The van der Waals surface area contributed by atoms with Gasteiger partial charge >= 0.3 is 0 Å². The largest absolute Gasteiger partial charge is 0.272 e. The molecule has 0 aliphatic carbocycles. The van der Waals surface area contributed by atoms with Crippen molar-refractivity contribution < 1.29 is 4.79 Å². The molecule has 0 bridgehead atoms. The fraction of sp³-hybridized carbons (Fsp3) is 0.160. The summed E-state index contributed by atoms with van der Waals surface area (Å²) in [5, 5.41) is 0. The van der Waals surface area contributed by atoms with E-state index in [0.717, 1.165) is 22.4 Å². The number of rotatable bonds is 3. The Morgan fingerprint density at radius 3 is 1.39 bits per heavy atom. The molecule has 3 aromatic carbocycles. The van der Waals surface area contributed by atoms with Gasteiger partial charge in [-0.05, 0) is 0 Å². The lowest BCUT2D eigenvalue weighted by molar-refractivity contribution is -0.124. The molecular weight excluding hydrogens is 344 g/mol. The van der Waals surface area contributed by atoms with E-state index in [1.54, 1.807) is 0 Å². The molecule has 3 nitrogen and oxygen atoms in total. The van der Waals surface area contributed by atoms with Crippen LogP contribution >= 0.6 is 0 Å². The van der Waals surface area contributed by atoms with E-state index in [9.17, 15) is 4.79 Å². The molecule has 1 amide bonds. The second-order valence-electron chi connectivity index (χ2n) is 7.55. The highest BCUT2D eigenvalue weighted by molar-refractivity contribution is 6.20. The summed E-state index contributed by atoms with van der Waals surface area (Å²) in [6, 6.07) is 29.5. The van der Waals surface area contributed by atoms with Crippen LogP contribution in [0.25, 0.3) is 0 Å². The van der Waals surface area contributed by atoms with Gasteiger partial charge in [-0.25, -0.2) is 4.99 Å². The first-order chi connectivity index (χ1) is 13.4. The Morgan fingerprint density at radius 1 is 0.607 bits per heavy atom. The molecule has 3 rings (SSSR count). The highest BCUT2D eigenvalue weighted by Gasteiger charge is 2.22. The summed E-state index contributed by atoms with van der Waals surface area (Å²) >= 11 is 0. The third kappa shape index (κ3) is 4.89. The van der Waals surface area contributed by atoms with Crippen molar-refractivity contribution >= 4 is 17.5 Å². The minimum absolute atomic E-state index is 0.199. The summed E-state index contributed by atoms with van der Waals surface area (Å²) in [4.78, 5) is 21.9. The Bertz CT molecular complexity index is 941. The molecule has 0 aliphatic rings. The van der Waals surface area contributed by atoms with Crippen molar-refractivity contribution in [3.05, 3.63) is 108 Å². The molecule has 0 saturated heterocycles. The Morgan fingerprint density at radius 2 is 1.00 bits per heavy atom. The van der Waals surface area contributed by atoms with Gasteiger partial charge in [0.15, 0.2) is 5.84 Å². The fourth-order valence-electron chi connectivity index (χ4n) is 2.60. The van der Waals surface area contributed by atoms with Gasteiger partial charge in [0.2, 0.25) is 0 Å². The molecule has 0 N–H and O–H groups in total. The highest BCUT2D eigenvalue weighted by atomic mass is 16.1. The van der Waals surface area contributed by atoms with Crippen molar-refractivity contribution in [3.8, 4) is 0 Å². The first-order valence-corrected chi connectivity index (χ1v) is 9.33. The quantitative estimate of drug-likeness (QED) is 0.442. The van der Waals surface area contributed by atoms with Crippen molar-refractivity contribution in [2.24, 2.45) is 15.4 Å². The molecular formula is C25H24N2O. The Hall–Kier alpha value is -3.33. The van der Waals surface area contributed by atoms with E-state index < -0.39 is 5.41 Å². The van der Waals surface area contributed by atoms with Crippen molar-refractivity contribution in [2.45, 2.75) is 20.8 Å². The van der Waals surface area contributed by atoms with Gasteiger partial charge in [0.1, 0.15) is 0 Å². The van der Waals surface area contributed by atoms with Crippen molar-refractivity contribution in [1.82, 2.24) is 0 Å². The number of nitrogens with zero attached hydrogens (tertiary/aromatic N) is 2. The summed E-state index contributed by atoms with van der Waals surface area (Å²) in [7, 11) is 0. The third-order valence-corrected chi connectivity index (χ3v) is 4.19. The van der Waals surface area contributed by atoms with E-state index >= 15 is 0 Å². The molecule has 0 saturated carbocycles. The molecule has 0 radical (unpaired) electrons. The normalized spacial score (nSPS) is 11.8. The maximum atomic E-state index is 12.6. The molecule has 0 spiro atoms. The van der Waals surface area contributed by atoms with Crippen LogP contribution < -0.4 is 0 Å². The number of carbonyl (C=O) groups is 1. The summed E-state index contributed by atoms with van der Waals surface area (Å²) in [6.45, 7) is 5.58. The van der Waals surface area contributed by atoms with Crippen LogP contribution in [0, 0.1) is 5.41 Å². The average Bonchev–Trinajstić information content (AvgIpc) is 2.72. The monoisotopic (exact) mass is 368 g/mol. The molecule has 3 aromatic rings. The maximum Gasteiger partial charge on any atom is 0.253 e. The molecule has 28 heavy (non-hydrogen) atoms. The zero-order chi connectivity index (χ0) is 20.0. The second-order valence-corrected chi connectivity index (χ2v) is 7.55. The number of benzene rings is 3. The average molecular weight is 368 g/mol. The first kappa shape index (κ1) is 19.4. The SMILES string of the molecule is CC(C)(C)C(=O)N=C(N=C(c1ccccc1)c1ccccc1)c1ccccc1. The molecule has 0 fully saturated rings. The van der Waals surface area contributed by atoms with Gasteiger partial charge in [0.05, 0.1) is 5.71 Å². The van der Waals surface area contributed by atoms with Gasteiger partial charge in [-0.15, -0.1) is 0 Å². The number of amides is 1. The molecule has 3 heteroatoms. The van der Waals surface area contributed by atoms with Gasteiger partial charge in [-0.3, -0.25) is 4.79 Å². The zero-order valence-corrected chi connectivity index (χ0v) is 16.5. The topological polar surface area (TPSA) is 41.8 Å². The highest BCUT2D eigenvalue weighted by Crippen LogP contribution is 2.18. The molecule has 0 unspecified atom stereocenters. The summed E-state index contributed by atoms with van der Waals surface area (Å²) < 4.78 is 0. The molecule has 140 valence electrons. The number of hydrogen-bond acceptors (Lipinski definition) is 1. The Balaban J connectivity index is 2.20. The fourth-order valence-corrected chi connectivity index (χ4v) is 2.60. The van der Waals surface area contributed by atoms with Crippen LogP contribution in [0.15, 0.2) is 101 Å². The van der Waals surface area contributed by atoms with Crippen LogP contribution in [0.1, 0.15) is 37.5 Å². The predicted molar refractivity (Wildman–Crippen MR) is 116 cm³/mol. The van der Waals surface area contributed by atoms with Gasteiger partial charge < -0.3 is 0 Å². The minimum atomic E-state index is -0.574. The third-order valence-electron chi connectivity index (χ3n) is 4.19. The summed E-state index contributed by atoms with van der Waals surface area (Å²) in [5.41, 5.74) is 2.96. The number of hydrogen-bond donors (Lipinski definition) is 0. The van der Waals surface area contributed by atoms with Gasteiger partial charge in [-0.1, -0.05) is 112 Å². The van der Waals surface area contributed by atoms with Crippen molar-refractivity contribution in [3.63, 3.8) is 0 Å². The van der Waals surface area contributed by atoms with E-state index in [1.807, 2.05) is 112 Å². The lowest BCUT2D eigenvalue weighted by Crippen LogP contribution is -2.20. The molecule has 0 aliphatic heterocycles. The standard InChI is InChI=1S/C25H24N2O/c1-25(2,3)24(28)27-23(21-17-11-6-12-18-21)26-22(19-13-7-4-8-14-19)20-15-9-5-10-16-20/h4-18H,1-3H3. The smallest absolute Gasteiger partial charge is 0.253 e. The number of amidine groups is 1. The Labute approximate surface area is 166 Å². The van der Waals surface area contributed by atoms with Crippen LogP contribution in [0.5, 0.6) is 0 Å². The van der Waals surface area contributed by atoms with E-state index in [0.29, 0.717) is 5.84 Å². The lowest BCUT2D eigenvalue weighted by atomic mass is 9.96. The molecule has 0 aromatic heterocycles. The molecule has 0 atom stereocenters. The van der Waals surface area contributed by atoms with E-state index in [2.05, 4.69) is 4.99 Å². The van der Waals surface area contributed by atoms with Gasteiger partial charge in [-0.2, -0.15) is 4.99 Å². The van der Waals surface area contributed by atoms with E-state index in [4.69, 9.17) is 4.99 Å². The Kier molecular flexibility index (Phi) is 5.95. The zero-order valence-electron chi connectivity index (χ0n) is 16.5. The number of carbonyl (C=O) groups excluding carboxylic acids is 1. The van der Waals surface area contributed by atoms with Gasteiger partial charge in [0, 0.05) is 22.1 Å². The van der Waals surface area contributed by atoms with E-state index in [1.165, 1.54) is 0 Å². The summed E-state index contributed by atoms with van der Waals surface area (Å²) in [5.74, 6) is 0.221. The predicted octanol–water partition coefficient (Wildman–Crippen LogP) is 5.54. The van der Waals surface area contributed by atoms with Crippen LogP contribution in [-0.4, -0.2) is 17.5 Å².